The molecule has 1 aliphatic heterocycles. The fourth-order valence-corrected chi connectivity index (χ4v) is 4.45. The molecule has 3 heterocycles. The third-order valence-corrected chi connectivity index (χ3v) is 5.89. The average molecular weight is 383 g/mol. The Morgan fingerprint density at radius 2 is 2.14 bits per heavy atom. The Hall–Kier alpha value is -2.41. The molecule has 150 valence electrons. The SMILES string of the molecule is COc1cnc(NC(=O)[C@H]2CCC[C@@H](N)C2)cc1-c1cnn2c1CC(C)(C)C2. The third-order valence-electron chi connectivity index (χ3n) is 5.89. The van der Waals surface area contributed by atoms with E-state index >= 15 is 0 Å². The Balaban J connectivity index is 1.60. The summed E-state index contributed by atoms with van der Waals surface area (Å²) in [4.78, 5) is 17.1. The lowest BCUT2D eigenvalue weighted by Crippen LogP contribution is -2.34. The van der Waals surface area contributed by atoms with Gasteiger partial charge in [0.15, 0.2) is 0 Å². The van der Waals surface area contributed by atoms with Crippen LogP contribution in [0.3, 0.4) is 0 Å². The number of carbonyl (C=O) groups is 1. The number of rotatable bonds is 4. The van der Waals surface area contributed by atoms with Gasteiger partial charge in [0, 0.05) is 35.3 Å². The largest absolute Gasteiger partial charge is 0.494 e. The maximum Gasteiger partial charge on any atom is 0.228 e. The lowest BCUT2D eigenvalue weighted by atomic mass is 9.85. The quantitative estimate of drug-likeness (QED) is 0.846. The number of nitrogens with one attached hydrogen (secondary N) is 1. The molecule has 2 aliphatic rings. The van der Waals surface area contributed by atoms with Crippen molar-refractivity contribution in [2.24, 2.45) is 17.1 Å². The lowest BCUT2D eigenvalue weighted by Gasteiger charge is -2.25. The van der Waals surface area contributed by atoms with E-state index in [1.807, 2.05) is 12.3 Å². The van der Waals surface area contributed by atoms with E-state index in [1.54, 1.807) is 13.3 Å². The Bertz CT molecular complexity index is 889. The van der Waals surface area contributed by atoms with E-state index < -0.39 is 0 Å². The average Bonchev–Trinajstić information content (AvgIpc) is 3.16. The number of fused-ring (bicyclic) bond motifs is 1. The standard InChI is InChI=1S/C21H29N5O2/c1-21(2)9-17-16(10-24-26(17)12-21)15-8-19(23-11-18(15)28-3)25-20(27)13-5-4-6-14(22)7-13/h8,10-11,13-14H,4-7,9,12,22H2,1-3H3,(H,23,25,27)/t13-,14+/m0/s1. The molecule has 0 bridgehead atoms. The van der Waals surface area contributed by atoms with Gasteiger partial charge in [0.05, 0.1) is 19.5 Å². The maximum atomic E-state index is 12.7. The Labute approximate surface area is 165 Å². The summed E-state index contributed by atoms with van der Waals surface area (Å²) in [6.45, 7) is 5.40. The highest BCUT2D eigenvalue weighted by molar-refractivity contribution is 5.92. The summed E-state index contributed by atoms with van der Waals surface area (Å²) < 4.78 is 7.61. The smallest absolute Gasteiger partial charge is 0.228 e. The minimum absolute atomic E-state index is 0.000125. The van der Waals surface area contributed by atoms with Gasteiger partial charge in [-0.05, 0) is 37.2 Å². The number of ether oxygens (including phenoxy) is 1. The maximum absolute atomic E-state index is 12.7. The molecule has 1 aliphatic carbocycles. The summed E-state index contributed by atoms with van der Waals surface area (Å²) in [6, 6.07) is 2.00. The fraction of sp³-hybridized carbons (Fsp3) is 0.571. The molecule has 0 radical (unpaired) electrons. The molecule has 2 atom stereocenters. The van der Waals surface area contributed by atoms with E-state index in [4.69, 9.17) is 10.5 Å². The van der Waals surface area contributed by atoms with Gasteiger partial charge in [0.2, 0.25) is 5.91 Å². The molecule has 2 aromatic rings. The second kappa shape index (κ2) is 7.20. The van der Waals surface area contributed by atoms with Crippen molar-refractivity contribution >= 4 is 11.7 Å². The number of amides is 1. The van der Waals surface area contributed by atoms with Crippen LogP contribution in [0.15, 0.2) is 18.5 Å². The Kier molecular flexibility index (Phi) is 4.87. The summed E-state index contributed by atoms with van der Waals surface area (Å²) in [7, 11) is 1.63. The van der Waals surface area contributed by atoms with Crippen LogP contribution >= 0.6 is 0 Å². The van der Waals surface area contributed by atoms with Crippen molar-refractivity contribution in [3.05, 3.63) is 24.2 Å². The molecule has 2 aromatic heterocycles. The van der Waals surface area contributed by atoms with Gasteiger partial charge in [0.1, 0.15) is 11.6 Å². The van der Waals surface area contributed by atoms with Crippen molar-refractivity contribution < 1.29 is 9.53 Å². The molecule has 1 fully saturated rings. The monoisotopic (exact) mass is 383 g/mol. The molecule has 0 aromatic carbocycles. The van der Waals surface area contributed by atoms with Crippen LogP contribution in [0.1, 0.15) is 45.2 Å². The Morgan fingerprint density at radius 3 is 2.89 bits per heavy atom. The van der Waals surface area contributed by atoms with E-state index in [1.165, 1.54) is 5.69 Å². The van der Waals surface area contributed by atoms with Crippen molar-refractivity contribution in [1.82, 2.24) is 14.8 Å². The zero-order valence-corrected chi connectivity index (χ0v) is 16.9. The first-order valence-corrected chi connectivity index (χ1v) is 10.0. The molecule has 7 heteroatoms. The number of carbonyl (C=O) groups excluding carboxylic acids is 1. The van der Waals surface area contributed by atoms with E-state index in [0.29, 0.717) is 11.6 Å². The van der Waals surface area contributed by atoms with Gasteiger partial charge in [-0.1, -0.05) is 20.3 Å². The summed E-state index contributed by atoms with van der Waals surface area (Å²) in [5.41, 5.74) is 9.37. The predicted molar refractivity (Wildman–Crippen MR) is 108 cm³/mol. The molecular formula is C21H29N5O2. The van der Waals surface area contributed by atoms with Crippen LogP contribution in [0.25, 0.3) is 11.1 Å². The van der Waals surface area contributed by atoms with Crippen LogP contribution in [0.5, 0.6) is 5.75 Å². The lowest BCUT2D eigenvalue weighted by molar-refractivity contribution is -0.120. The topological polar surface area (TPSA) is 95.1 Å². The van der Waals surface area contributed by atoms with Gasteiger partial charge in [0.25, 0.3) is 0 Å². The first kappa shape index (κ1) is 18.9. The molecule has 0 saturated heterocycles. The second-order valence-corrected chi connectivity index (χ2v) is 8.89. The molecule has 3 N–H and O–H groups in total. The van der Waals surface area contributed by atoms with Crippen LogP contribution in [0, 0.1) is 11.3 Å². The summed E-state index contributed by atoms with van der Waals surface area (Å²) in [5.74, 6) is 1.17. The third kappa shape index (κ3) is 3.63. The molecule has 0 spiro atoms. The molecule has 28 heavy (non-hydrogen) atoms. The zero-order chi connectivity index (χ0) is 19.9. The van der Waals surface area contributed by atoms with E-state index in [0.717, 1.165) is 49.8 Å². The number of hydrogen-bond acceptors (Lipinski definition) is 5. The van der Waals surface area contributed by atoms with Gasteiger partial charge >= 0.3 is 0 Å². The van der Waals surface area contributed by atoms with E-state index in [9.17, 15) is 4.79 Å². The number of nitrogens with zero attached hydrogens (tertiary/aromatic N) is 3. The summed E-state index contributed by atoms with van der Waals surface area (Å²) in [6.07, 6.45) is 8.12. The van der Waals surface area contributed by atoms with Crippen LogP contribution < -0.4 is 15.8 Å². The first-order valence-electron chi connectivity index (χ1n) is 10.0. The van der Waals surface area contributed by atoms with Crippen LogP contribution in [0.2, 0.25) is 0 Å². The minimum atomic E-state index is -0.0442. The fourth-order valence-electron chi connectivity index (χ4n) is 4.45. The summed E-state index contributed by atoms with van der Waals surface area (Å²) >= 11 is 0. The van der Waals surface area contributed by atoms with Gasteiger partial charge in [-0.3, -0.25) is 9.48 Å². The Morgan fingerprint density at radius 1 is 1.32 bits per heavy atom. The summed E-state index contributed by atoms with van der Waals surface area (Å²) in [5, 5.41) is 7.54. The highest BCUT2D eigenvalue weighted by atomic mass is 16.5. The molecular weight excluding hydrogens is 354 g/mol. The van der Waals surface area contributed by atoms with Crippen LogP contribution in [-0.4, -0.2) is 33.8 Å². The number of pyridine rings is 1. The first-order chi connectivity index (χ1) is 13.4. The molecule has 0 unspecified atom stereocenters. The molecule has 4 rings (SSSR count). The van der Waals surface area contributed by atoms with Gasteiger partial charge < -0.3 is 15.8 Å². The van der Waals surface area contributed by atoms with Crippen LogP contribution in [-0.2, 0) is 17.8 Å². The van der Waals surface area contributed by atoms with E-state index in [-0.39, 0.29) is 23.3 Å². The minimum Gasteiger partial charge on any atom is -0.494 e. The number of anilines is 1. The van der Waals surface area contributed by atoms with E-state index in [2.05, 4.69) is 33.9 Å². The molecule has 7 nitrogen and oxygen atoms in total. The highest BCUT2D eigenvalue weighted by Gasteiger charge is 2.32. The van der Waals surface area contributed by atoms with Gasteiger partial charge in [-0.2, -0.15) is 5.10 Å². The van der Waals surface area contributed by atoms with Gasteiger partial charge in [-0.15, -0.1) is 0 Å². The van der Waals surface area contributed by atoms with Crippen LogP contribution in [0.4, 0.5) is 5.82 Å². The number of nitrogens with two attached hydrogens (primary N) is 1. The van der Waals surface area contributed by atoms with Crippen molar-refractivity contribution in [3.63, 3.8) is 0 Å². The van der Waals surface area contributed by atoms with Crippen molar-refractivity contribution in [2.45, 2.75) is 58.5 Å². The number of hydrogen-bond donors (Lipinski definition) is 2. The zero-order valence-electron chi connectivity index (χ0n) is 16.9. The van der Waals surface area contributed by atoms with Gasteiger partial charge in [-0.25, -0.2) is 4.98 Å². The highest BCUT2D eigenvalue weighted by Crippen LogP contribution is 2.40. The second-order valence-electron chi connectivity index (χ2n) is 8.89. The molecule has 1 saturated carbocycles. The number of methoxy groups -OCH3 is 1. The number of aromatic nitrogens is 3. The predicted octanol–water partition coefficient (Wildman–Crippen LogP) is 2.99. The van der Waals surface area contributed by atoms with Crippen molar-refractivity contribution in [1.29, 1.82) is 0 Å². The normalized spacial score (nSPS) is 23.3. The van der Waals surface area contributed by atoms with Crippen molar-refractivity contribution in [2.75, 3.05) is 12.4 Å². The van der Waals surface area contributed by atoms with Crippen molar-refractivity contribution in [3.8, 4) is 16.9 Å². The molecule has 1 amide bonds.